The van der Waals surface area contributed by atoms with E-state index in [9.17, 15) is 0 Å². The van der Waals surface area contributed by atoms with Crippen molar-refractivity contribution in [1.82, 2.24) is 29.9 Å². The third-order valence-electron chi connectivity index (χ3n) is 7.93. The topological polar surface area (TPSA) is 105 Å². The second-order valence-corrected chi connectivity index (χ2v) is 10.3. The van der Waals surface area contributed by atoms with E-state index in [4.69, 9.17) is 33.2 Å². The van der Waals surface area contributed by atoms with Gasteiger partial charge in [-0.15, -0.1) is 0 Å². The number of aromatic nitrogens is 8. The quantitative estimate of drug-likeness (QED) is 0.135. The van der Waals surface area contributed by atoms with Crippen molar-refractivity contribution in [2.24, 2.45) is 0 Å². The summed E-state index contributed by atoms with van der Waals surface area (Å²) in [4.78, 5) is 30.2. The Balaban J connectivity index is 0.00000142. The molecule has 0 aliphatic carbocycles. The number of rotatable bonds is 0. The fourth-order valence-electron chi connectivity index (χ4n) is 5.94. The van der Waals surface area contributed by atoms with Crippen molar-refractivity contribution in [3.63, 3.8) is 0 Å². The van der Waals surface area contributed by atoms with Crippen LogP contribution in [-0.2, 0) is 23.7 Å². The average Bonchev–Trinajstić information content (AvgIpc) is 3.76. The van der Waals surface area contributed by atoms with Gasteiger partial charge in [0, 0.05) is 39.8 Å². The normalized spacial score (nSPS) is 11.6. The summed E-state index contributed by atoms with van der Waals surface area (Å²) in [7, 11) is 8.73. The summed E-state index contributed by atoms with van der Waals surface area (Å²) in [5, 5.41) is 3.59. The molecule has 0 N–H and O–H groups in total. The standard InChI is InChI=1S/C34H20N8.O.Ti/c1-41-31-23-15-7-8-16-24(23)32(41)38-28-20-12-4-6-14-22(20)30(36-28)40-34-26-18-10-9-17-25(26)33(42(34)2)39-29-21-13-5-3-11-19(21)27(35-29)37-31;;/h3-18H,1-2H2;;/q-2;;+2. The van der Waals surface area contributed by atoms with E-state index in [-0.39, 0.29) is 0 Å². The predicted molar refractivity (Wildman–Crippen MR) is 161 cm³/mol. The minimum absolute atomic E-state index is 0.562. The van der Waals surface area contributed by atoms with Crippen molar-refractivity contribution in [3.8, 4) is 45.6 Å². The van der Waals surface area contributed by atoms with Crippen molar-refractivity contribution in [2.75, 3.05) is 0 Å². The second kappa shape index (κ2) is 10.0. The van der Waals surface area contributed by atoms with Gasteiger partial charge in [0.2, 0.25) is 0 Å². The molecular weight excluding hydrogens is 584 g/mol. The van der Waals surface area contributed by atoms with Crippen LogP contribution in [0.25, 0.3) is 89.7 Å². The maximum absolute atomic E-state index is 8.25. The van der Waals surface area contributed by atoms with Gasteiger partial charge in [-0.05, 0) is 38.4 Å². The molecule has 0 unspecified atom stereocenters. The van der Waals surface area contributed by atoms with E-state index in [1.54, 1.807) is 9.13 Å². The van der Waals surface area contributed by atoms with Crippen LogP contribution in [0.4, 0.5) is 0 Å². The van der Waals surface area contributed by atoms with Gasteiger partial charge in [0.05, 0.1) is 0 Å². The van der Waals surface area contributed by atoms with Crippen LogP contribution in [0, 0.1) is 14.1 Å². The van der Waals surface area contributed by atoms with Gasteiger partial charge < -0.3 is 34.1 Å². The molecule has 9 nitrogen and oxygen atoms in total. The molecule has 5 heterocycles. The fraction of sp³-hybridized carbons (Fsp3) is 0. The van der Waals surface area contributed by atoms with Crippen LogP contribution in [0.15, 0.2) is 97.1 Å². The third-order valence-corrected chi connectivity index (χ3v) is 7.93. The predicted octanol–water partition coefficient (Wildman–Crippen LogP) is 5.07. The molecule has 0 fully saturated rings. The molecule has 0 saturated carbocycles. The van der Waals surface area contributed by atoms with Gasteiger partial charge in [0.1, 0.15) is 0 Å². The van der Waals surface area contributed by atoms with Crippen LogP contribution in [0.3, 0.4) is 0 Å². The summed E-state index contributed by atoms with van der Waals surface area (Å²) in [5.41, 5.74) is 5.93. The van der Waals surface area contributed by atoms with Crippen molar-refractivity contribution in [2.45, 2.75) is 0 Å². The molecule has 0 amide bonds. The molecule has 8 bridgehead atoms. The SMILES string of the molecule is [CH2-][n+]1c2nc3[n-]c(nc4[n+]([CH2-])c(nc5[n-]c(nc1-c1ccccc1-2)c1ccccc51)-c1ccccc1-4)c1ccccc31.[O]=[Ti+2]. The van der Waals surface area contributed by atoms with Crippen LogP contribution < -0.4 is 19.1 Å². The monoisotopic (exact) mass is 604 g/mol. The van der Waals surface area contributed by atoms with E-state index in [1.165, 1.54) is 0 Å². The zero-order valence-electron chi connectivity index (χ0n) is 23.1. The molecule has 44 heavy (non-hydrogen) atoms. The van der Waals surface area contributed by atoms with Crippen molar-refractivity contribution < 1.29 is 32.9 Å². The Hall–Kier alpha value is -5.51. The molecule has 4 aromatic carbocycles. The van der Waals surface area contributed by atoms with E-state index in [2.05, 4.69) is 14.1 Å². The van der Waals surface area contributed by atoms with E-state index < -0.39 is 0 Å². The summed E-state index contributed by atoms with van der Waals surface area (Å²) in [6.45, 7) is 0. The van der Waals surface area contributed by atoms with Gasteiger partial charge in [-0.1, -0.05) is 111 Å². The molecule has 3 aromatic heterocycles. The summed E-state index contributed by atoms with van der Waals surface area (Å²) < 4.78 is 11.8. The summed E-state index contributed by atoms with van der Waals surface area (Å²) >= 11 is 0.750. The number of benzene rings is 4. The van der Waals surface area contributed by atoms with E-state index in [0.29, 0.717) is 45.9 Å². The van der Waals surface area contributed by atoms with E-state index in [1.807, 2.05) is 97.1 Å². The Morgan fingerprint density at radius 3 is 0.909 bits per heavy atom. The zero-order chi connectivity index (χ0) is 29.9. The Labute approximate surface area is 262 Å². The van der Waals surface area contributed by atoms with Gasteiger partial charge in [-0.2, -0.15) is 4.98 Å². The fourth-order valence-corrected chi connectivity index (χ4v) is 5.94. The summed E-state index contributed by atoms with van der Waals surface area (Å²) in [6.07, 6.45) is 0. The van der Waals surface area contributed by atoms with Gasteiger partial charge in [-0.3, -0.25) is 0 Å². The molecule has 7 aromatic rings. The van der Waals surface area contributed by atoms with Gasteiger partial charge in [0.25, 0.3) is 0 Å². The summed E-state index contributed by atoms with van der Waals surface area (Å²) in [5.74, 6) is 2.61. The average molecular weight is 604 g/mol. The molecule has 0 radical (unpaired) electrons. The van der Waals surface area contributed by atoms with Gasteiger partial charge >= 0.3 is 23.7 Å². The third kappa shape index (κ3) is 3.77. The first-order valence-corrected chi connectivity index (χ1v) is 14.4. The number of nitrogens with zero attached hydrogens (tertiary/aromatic N) is 8. The number of hydrogen-bond acceptors (Lipinski definition) is 5. The van der Waals surface area contributed by atoms with Gasteiger partial charge in [-0.25, -0.2) is 0 Å². The molecule has 0 spiro atoms. The number of fused-ring (bicyclic) bond motifs is 20. The molecule has 2 aliphatic rings. The second-order valence-electron chi connectivity index (χ2n) is 10.3. The number of hydrogen-bond donors (Lipinski definition) is 0. The van der Waals surface area contributed by atoms with Crippen molar-refractivity contribution >= 4 is 44.1 Å². The van der Waals surface area contributed by atoms with Crippen LogP contribution in [-0.4, -0.2) is 19.9 Å². The first kappa shape index (κ1) is 26.1. The molecular formula is C34H20N8OTi. The van der Waals surface area contributed by atoms with Crippen LogP contribution in [0.2, 0.25) is 0 Å². The summed E-state index contributed by atoms with van der Waals surface area (Å²) in [6, 6.07) is 32.1. The molecule has 2 aliphatic heterocycles. The Kier molecular flexibility index (Phi) is 5.97. The van der Waals surface area contributed by atoms with Crippen LogP contribution in [0.1, 0.15) is 0 Å². The van der Waals surface area contributed by atoms with Crippen molar-refractivity contribution in [3.05, 3.63) is 111 Å². The Morgan fingerprint density at radius 2 is 0.659 bits per heavy atom. The van der Waals surface area contributed by atoms with E-state index in [0.717, 1.165) is 64.2 Å². The van der Waals surface area contributed by atoms with Gasteiger partial charge in [0.15, 0.2) is 11.5 Å². The first-order chi connectivity index (χ1) is 21.7. The molecule has 10 heteroatoms. The molecule has 0 atom stereocenters. The minimum atomic E-state index is 0.562. The zero-order valence-corrected chi connectivity index (χ0v) is 24.7. The first-order valence-electron chi connectivity index (χ1n) is 13.7. The maximum atomic E-state index is 8.25. The van der Waals surface area contributed by atoms with Crippen LogP contribution in [0.5, 0.6) is 0 Å². The molecule has 0 saturated heterocycles. The van der Waals surface area contributed by atoms with Crippen LogP contribution >= 0.6 is 0 Å². The Bertz CT molecular complexity index is 2150. The van der Waals surface area contributed by atoms with E-state index >= 15 is 0 Å². The van der Waals surface area contributed by atoms with Crippen molar-refractivity contribution in [1.29, 1.82) is 0 Å². The molecule has 9 rings (SSSR count). The molecule has 206 valence electrons. The Morgan fingerprint density at radius 1 is 0.432 bits per heavy atom.